The Labute approximate surface area is 145 Å². The lowest BCUT2D eigenvalue weighted by Gasteiger charge is -2.19. The summed E-state index contributed by atoms with van der Waals surface area (Å²) in [5.74, 6) is -1.11. The highest BCUT2D eigenvalue weighted by molar-refractivity contribution is 7.89. The van der Waals surface area contributed by atoms with Gasteiger partial charge in [0.05, 0.1) is 16.9 Å². The normalized spacial score (nSPS) is 23.0. The van der Waals surface area contributed by atoms with Crippen LogP contribution in [0.5, 0.6) is 0 Å². The number of hydrogen-bond acceptors (Lipinski definition) is 4. The molecule has 3 rings (SSSR count). The smallest absolute Gasteiger partial charge is 0.238 e. The molecule has 1 fully saturated rings. The number of Topliss-reactive ketones (excluding diaryl/α,β-unsaturated/α-hetero) is 1. The molecule has 2 aromatic rings. The molecule has 0 amide bonds. The molecular weight excluding hydrogens is 345 g/mol. The summed E-state index contributed by atoms with van der Waals surface area (Å²) in [6.07, 6.45) is -0.580. The van der Waals surface area contributed by atoms with E-state index in [0.717, 1.165) is 0 Å². The van der Waals surface area contributed by atoms with Gasteiger partial charge < -0.3 is 4.74 Å². The quantitative estimate of drug-likeness (QED) is 0.908. The zero-order valence-electron chi connectivity index (χ0n) is 13.8. The van der Waals surface area contributed by atoms with Gasteiger partial charge in [-0.15, -0.1) is 0 Å². The van der Waals surface area contributed by atoms with Crippen molar-refractivity contribution >= 4 is 15.8 Å². The molecule has 1 aliphatic heterocycles. The maximum absolute atomic E-state index is 13.2. The summed E-state index contributed by atoms with van der Waals surface area (Å²) >= 11 is 0. The number of rotatable bonds is 3. The molecule has 0 aliphatic carbocycles. The first-order valence-corrected chi connectivity index (χ1v) is 9.24. The Hall–Kier alpha value is -2.09. The first-order valence-electron chi connectivity index (χ1n) is 7.70. The highest BCUT2D eigenvalue weighted by atomic mass is 32.2. The Bertz CT molecular complexity index is 905. The first-order chi connectivity index (χ1) is 11.6. The molecule has 5 nitrogen and oxygen atoms in total. The Morgan fingerprint density at radius 1 is 1.00 bits per heavy atom. The van der Waals surface area contributed by atoms with Crippen LogP contribution in [0.15, 0.2) is 53.4 Å². The number of hydrogen-bond donors (Lipinski definition) is 1. The van der Waals surface area contributed by atoms with E-state index >= 15 is 0 Å². The second-order valence-corrected chi connectivity index (χ2v) is 8.12. The molecule has 2 atom stereocenters. The monoisotopic (exact) mass is 363 g/mol. The SMILES string of the molecule is CC1(C)OC(c2ccc(F)cc2)C(c2ccc(S(N)(=O)=O)cc2)C1=O. The topological polar surface area (TPSA) is 86.5 Å². The number of ketones is 1. The van der Waals surface area contributed by atoms with Gasteiger partial charge in [0, 0.05) is 0 Å². The minimum Gasteiger partial charge on any atom is -0.359 e. The molecular formula is C18H18FNO4S. The van der Waals surface area contributed by atoms with Gasteiger partial charge in [-0.2, -0.15) is 0 Å². The van der Waals surface area contributed by atoms with Crippen LogP contribution in [0.1, 0.15) is 37.0 Å². The van der Waals surface area contributed by atoms with Crippen molar-refractivity contribution in [1.29, 1.82) is 0 Å². The van der Waals surface area contributed by atoms with E-state index in [2.05, 4.69) is 0 Å². The van der Waals surface area contributed by atoms with Crippen LogP contribution in [-0.4, -0.2) is 19.8 Å². The minimum absolute atomic E-state index is 0.0276. The van der Waals surface area contributed by atoms with Crippen molar-refractivity contribution in [2.45, 2.75) is 36.4 Å². The Morgan fingerprint density at radius 2 is 1.52 bits per heavy atom. The standard InChI is InChI=1S/C18H18FNO4S/c1-18(2)17(21)15(11-5-9-14(10-6-11)25(20,22)23)16(24-18)12-3-7-13(19)8-4-12/h3-10,15-16H,1-2H3,(H2,20,22,23). The van der Waals surface area contributed by atoms with Crippen molar-refractivity contribution in [2.75, 3.05) is 0 Å². The van der Waals surface area contributed by atoms with E-state index in [1.54, 1.807) is 38.1 Å². The number of carbonyl (C=O) groups excluding carboxylic acids is 1. The van der Waals surface area contributed by atoms with Crippen LogP contribution in [-0.2, 0) is 19.6 Å². The van der Waals surface area contributed by atoms with Gasteiger partial charge in [0.25, 0.3) is 0 Å². The summed E-state index contributed by atoms with van der Waals surface area (Å²) in [4.78, 5) is 12.8. The number of primary sulfonamides is 1. The highest BCUT2D eigenvalue weighted by Crippen LogP contribution is 2.46. The first kappa shape index (κ1) is 17.7. The Balaban J connectivity index is 2.04. The van der Waals surface area contributed by atoms with Gasteiger partial charge in [-0.3, -0.25) is 4.79 Å². The van der Waals surface area contributed by atoms with E-state index in [1.807, 2.05) is 0 Å². The number of halogens is 1. The zero-order valence-corrected chi connectivity index (χ0v) is 14.6. The average molecular weight is 363 g/mol. The van der Waals surface area contributed by atoms with Crippen molar-refractivity contribution in [2.24, 2.45) is 5.14 Å². The van der Waals surface area contributed by atoms with Crippen LogP contribution in [0.2, 0.25) is 0 Å². The molecule has 0 aromatic heterocycles. The lowest BCUT2D eigenvalue weighted by atomic mass is 9.84. The molecule has 1 heterocycles. The van der Waals surface area contributed by atoms with Crippen LogP contribution in [0.25, 0.3) is 0 Å². The molecule has 1 aliphatic rings. The molecule has 0 radical (unpaired) electrons. The summed E-state index contributed by atoms with van der Waals surface area (Å²) in [5, 5.41) is 5.11. The van der Waals surface area contributed by atoms with Gasteiger partial charge in [0.15, 0.2) is 5.78 Å². The molecule has 2 unspecified atom stereocenters. The van der Waals surface area contributed by atoms with Gasteiger partial charge >= 0.3 is 0 Å². The molecule has 2 N–H and O–H groups in total. The largest absolute Gasteiger partial charge is 0.359 e. The van der Waals surface area contributed by atoms with Crippen LogP contribution >= 0.6 is 0 Å². The maximum atomic E-state index is 13.2. The van der Waals surface area contributed by atoms with Gasteiger partial charge in [-0.05, 0) is 49.2 Å². The molecule has 0 spiro atoms. The number of benzene rings is 2. The van der Waals surface area contributed by atoms with Crippen molar-refractivity contribution < 1.29 is 22.3 Å². The summed E-state index contributed by atoms with van der Waals surface area (Å²) in [5.41, 5.74) is 0.306. The van der Waals surface area contributed by atoms with E-state index in [-0.39, 0.29) is 16.5 Å². The van der Waals surface area contributed by atoms with E-state index < -0.39 is 27.6 Å². The lowest BCUT2D eigenvalue weighted by Crippen LogP contribution is -2.29. The molecule has 0 saturated carbocycles. The third kappa shape index (κ3) is 3.35. The van der Waals surface area contributed by atoms with E-state index in [0.29, 0.717) is 11.1 Å². The second-order valence-electron chi connectivity index (χ2n) is 6.56. The van der Waals surface area contributed by atoms with Crippen molar-refractivity contribution in [3.63, 3.8) is 0 Å². The number of ether oxygens (including phenoxy) is 1. The predicted molar refractivity (Wildman–Crippen MR) is 89.9 cm³/mol. The fourth-order valence-corrected chi connectivity index (χ4v) is 3.57. The van der Waals surface area contributed by atoms with Crippen LogP contribution in [0.4, 0.5) is 4.39 Å². The number of nitrogens with two attached hydrogens (primary N) is 1. The Kier molecular flexibility index (Phi) is 4.26. The van der Waals surface area contributed by atoms with Crippen LogP contribution < -0.4 is 5.14 Å². The van der Waals surface area contributed by atoms with Crippen molar-refractivity contribution in [1.82, 2.24) is 0 Å². The summed E-state index contributed by atoms with van der Waals surface area (Å²) in [6, 6.07) is 11.6. The highest BCUT2D eigenvalue weighted by Gasteiger charge is 2.49. The summed E-state index contributed by atoms with van der Waals surface area (Å²) in [6.45, 7) is 3.37. The predicted octanol–water partition coefficient (Wildman–Crippen LogP) is 2.68. The van der Waals surface area contributed by atoms with Crippen molar-refractivity contribution in [3.8, 4) is 0 Å². The maximum Gasteiger partial charge on any atom is 0.238 e. The molecule has 2 aromatic carbocycles. The summed E-state index contributed by atoms with van der Waals surface area (Å²) < 4.78 is 41.9. The van der Waals surface area contributed by atoms with Gasteiger partial charge in [0.1, 0.15) is 11.4 Å². The van der Waals surface area contributed by atoms with Gasteiger partial charge in [-0.1, -0.05) is 24.3 Å². The van der Waals surface area contributed by atoms with Gasteiger partial charge in [-0.25, -0.2) is 17.9 Å². The second kappa shape index (κ2) is 6.01. The molecule has 1 saturated heterocycles. The van der Waals surface area contributed by atoms with Crippen LogP contribution in [0, 0.1) is 5.82 Å². The molecule has 25 heavy (non-hydrogen) atoms. The fraction of sp³-hybridized carbons (Fsp3) is 0.278. The third-order valence-electron chi connectivity index (χ3n) is 4.37. The third-order valence-corrected chi connectivity index (χ3v) is 5.30. The van der Waals surface area contributed by atoms with Crippen LogP contribution in [0.3, 0.4) is 0 Å². The van der Waals surface area contributed by atoms with E-state index in [9.17, 15) is 17.6 Å². The average Bonchev–Trinajstić information content (AvgIpc) is 2.78. The van der Waals surface area contributed by atoms with E-state index in [4.69, 9.17) is 9.88 Å². The zero-order chi connectivity index (χ0) is 18.4. The molecule has 7 heteroatoms. The van der Waals surface area contributed by atoms with E-state index in [1.165, 1.54) is 24.3 Å². The minimum atomic E-state index is -3.81. The fourth-order valence-electron chi connectivity index (χ4n) is 3.06. The van der Waals surface area contributed by atoms with Crippen molar-refractivity contribution in [3.05, 3.63) is 65.5 Å². The van der Waals surface area contributed by atoms with Gasteiger partial charge in [0.2, 0.25) is 10.0 Å². The molecule has 0 bridgehead atoms. The Morgan fingerprint density at radius 3 is 2.04 bits per heavy atom. The number of carbonyl (C=O) groups is 1. The number of sulfonamides is 1. The molecule has 132 valence electrons. The summed E-state index contributed by atoms with van der Waals surface area (Å²) in [7, 11) is -3.81. The lowest BCUT2D eigenvalue weighted by molar-refractivity contribution is -0.130.